The fraction of sp³-hybridized carbons (Fsp3) is 0.0833. The third-order valence-electron chi connectivity index (χ3n) is 2.48. The molecule has 0 unspecified atom stereocenters. The molecule has 0 saturated heterocycles. The predicted octanol–water partition coefficient (Wildman–Crippen LogP) is 1.69. The van der Waals surface area contributed by atoms with Crippen molar-refractivity contribution in [3.8, 4) is 0 Å². The Morgan fingerprint density at radius 2 is 1.94 bits per heavy atom. The van der Waals surface area contributed by atoms with Gasteiger partial charge in [-0.2, -0.15) is 0 Å². The van der Waals surface area contributed by atoms with Crippen LogP contribution in [0, 0.1) is 0 Å². The zero-order chi connectivity index (χ0) is 13.3. The number of nitrogens with zero attached hydrogens (tertiary/aromatic N) is 1. The molecule has 1 N–H and O–H groups in total. The van der Waals surface area contributed by atoms with Crippen molar-refractivity contribution in [2.45, 2.75) is 0 Å². The first kappa shape index (κ1) is 12.5. The van der Waals surface area contributed by atoms with Crippen molar-refractivity contribution in [3.63, 3.8) is 0 Å². The number of aliphatic carboxylic acids is 1. The molecule has 1 aliphatic heterocycles. The number of amides is 2. The summed E-state index contributed by atoms with van der Waals surface area (Å²) in [5, 5.41) is 8.45. The van der Waals surface area contributed by atoms with E-state index >= 15 is 0 Å². The van der Waals surface area contributed by atoms with E-state index in [4.69, 9.17) is 5.11 Å². The van der Waals surface area contributed by atoms with Crippen molar-refractivity contribution in [2.75, 3.05) is 6.54 Å². The average Bonchev–Trinajstić information content (AvgIpc) is 2.53. The maximum absolute atomic E-state index is 11.9. The molecule has 0 radical (unpaired) electrons. The van der Waals surface area contributed by atoms with E-state index in [0.29, 0.717) is 15.6 Å². The van der Waals surface area contributed by atoms with Crippen LogP contribution in [-0.4, -0.2) is 34.3 Å². The maximum Gasteiger partial charge on any atom is 0.328 e. The Hall–Kier alpha value is -1.95. The first-order valence-corrected chi connectivity index (χ1v) is 5.85. The number of carboxylic acid groups (broad SMARTS) is 1. The van der Waals surface area contributed by atoms with Crippen LogP contribution < -0.4 is 0 Å². The normalized spacial score (nSPS) is 14.4. The van der Waals surface area contributed by atoms with E-state index in [2.05, 4.69) is 15.9 Å². The van der Waals surface area contributed by atoms with E-state index in [-0.39, 0.29) is 6.54 Å². The summed E-state index contributed by atoms with van der Waals surface area (Å²) in [6.45, 7) is -0.0454. The highest BCUT2D eigenvalue weighted by atomic mass is 79.9. The fourth-order valence-electron chi connectivity index (χ4n) is 1.69. The van der Waals surface area contributed by atoms with Gasteiger partial charge in [-0.3, -0.25) is 14.5 Å². The number of hydrogen-bond donors (Lipinski definition) is 1. The smallest absolute Gasteiger partial charge is 0.328 e. The number of benzene rings is 1. The van der Waals surface area contributed by atoms with Crippen molar-refractivity contribution in [1.29, 1.82) is 0 Å². The third kappa shape index (κ3) is 2.19. The van der Waals surface area contributed by atoms with Gasteiger partial charge in [-0.05, 0) is 18.2 Å². The van der Waals surface area contributed by atoms with Crippen LogP contribution in [0.15, 0.2) is 34.8 Å². The molecule has 0 bridgehead atoms. The molecule has 5 nitrogen and oxygen atoms in total. The Bertz CT molecular complexity index is 579. The van der Waals surface area contributed by atoms with E-state index in [1.165, 1.54) is 6.08 Å². The molecule has 0 saturated carbocycles. The molecule has 1 aromatic rings. The van der Waals surface area contributed by atoms with Gasteiger partial charge < -0.3 is 5.11 Å². The van der Waals surface area contributed by atoms with Crippen molar-refractivity contribution < 1.29 is 19.5 Å². The number of imide groups is 1. The van der Waals surface area contributed by atoms with Gasteiger partial charge in [0.2, 0.25) is 0 Å². The Balaban J connectivity index is 2.26. The number of halogens is 1. The second-order valence-electron chi connectivity index (χ2n) is 3.65. The Morgan fingerprint density at radius 1 is 1.28 bits per heavy atom. The van der Waals surface area contributed by atoms with E-state index in [1.54, 1.807) is 18.2 Å². The fourth-order valence-corrected chi connectivity index (χ4v) is 2.05. The lowest BCUT2D eigenvalue weighted by Gasteiger charge is -2.09. The molecule has 1 aromatic carbocycles. The van der Waals surface area contributed by atoms with Crippen LogP contribution in [0.25, 0.3) is 0 Å². The van der Waals surface area contributed by atoms with Crippen LogP contribution >= 0.6 is 15.9 Å². The lowest BCUT2D eigenvalue weighted by atomic mass is 10.1. The van der Waals surface area contributed by atoms with Gasteiger partial charge in [0.05, 0.1) is 11.1 Å². The van der Waals surface area contributed by atoms with Crippen LogP contribution in [-0.2, 0) is 4.79 Å². The van der Waals surface area contributed by atoms with Crippen LogP contribution in [0.2, 0.25) is 0 Å². The topological polar surface area (TPSA) is 74.7 Å². The third-order valence-corrected chi connectivity index (χ3v) is 2.97. The van der Waals surface area contributed by atoms with Crippen LogP contribution in [0.1, 0.15) is 20.7 Å². The minimum absolute atomic E-state index is 0.0454. The standard InChI is InChI=1S/C12H8BrNO4/c13-7-3-4-8-9(6-7)12(18)14(11(8)17)5-1-2-10(15)16/h1-4,6H,5H2,(H,15,16)/b2-1+. The lowest BCUT2D eigenvalue weighted by molar-refractivity contribution is -0.131. The van der Waals surface area contributed by atoms with Gasteiger partial charge in [-0.1, -0.05) is 22.0 Å². The monoisotopic (exact) mass is 309 g/mol. The summed E-state index contributed by atoms with van der Waals surface area (Å²) in [5.41, 5.74) is 0.671. The number of carboxylic acids is 1. The molecule has 2 rings (SSSR count). The quantitative estimate of drug-likeness (QED) is 0.681. The van der Waals surface area contributed by atoms with Crippen LogP contribution in [0.4, 0.5) is 0 Å². The van der Waals surface area contributed by atoms with Gasteiger partial charge in [-0.25, -0.2) is 4.79 Å². The molecule has 1 aliphatic rings. The molecule has 2 amide bonds. The highest BCUT2D eigenvalue weighted by Crippen LogP contribution is 2.25. The summed E-state index contributed by atoms with van der Waals surface area (Å²) >= 11 is 3.23. The van der Waals surface area contributed by atoms with E-state index in [1.807, 2.05) is 0 Å². The minimum atomic E-state index is -1.12. The second-order valence-corrected chi connectivity index (χ2v) is 4.57. The van der Waals surface area contributed by atoms with Crippen molar-refractivity contribution >= 4 is 33.7 Å². The van der Waals surface area contributed by atoms with Gasteiger partial charge in [0.1, 0.15) is 0 Å². The zero-order valence-electron chi connectivity index (χ0n) is 9.09. The van der Waals surface area contributed by atoms with Crippen LogP contribution in [0.5, 0.6) is 0 Å². The van der Waals surface area contributed by atoms with Gasteiger partial charge in [0, 0.05) is 17.1 Å². The summed E-state index contributed by atoms with van der Waals surface area (Å²) in [5.74, 6) is -1.93. The Morgan fingerprint density at radius 3 is 2.61 bits per heavy atom. The Kier molecular flexibility index (Phi) is 3.29. The predicted molar refractivity (Wildman–Crippen MR) is 66.3 cm³/mol. The molecule has 18 heavy (non-hydrogen) atoms. The number of hydrogen-bond acceptors (Lipinski definition) is 3. The molecule has 0 aromatic heterocycles. The highest BCUT2D eigenvalue weighted by Gasteiger charge is 2.34. The van der Waals surface area contributed by atoms with Gasteiger partial charge in [0.15, 0.2) is 0 Å². The summed E-state index contributed by atoms with van der Waals surface area (Å²) in [6, 6.07) is 4.83. The molecule has 6 heteroatoms. The summed E-state index contributed by atoms with van der Waals surface area (Å²) in [7, 11) is 0. The number of carbonyl (C=O) groups excluding carboxylic acids is 2. The molecule has 92 valence electrons. The molecule has 0 spiro atoms. The van der Waals surface area contributed by atoms with Crippen molar-refractivity contribution in [3.05, 3.63) is 46.0 Å². The zero-order valence-corrected chi connectivity index (χ0v) is 10.7. The van der Waals surface area contributed by atoms with Crippen LogP contribution in [0.3, 0.4) is 0 Å². The average molecular weight is 310 g/mol. The molecular weight excluding hydrogens is 302 g/mol. The summed E-state index contributed by atoms with van der Waals surface area (Å²) in [4.78, 5) is 35.2. The lowest BCUT2D eigenvalue weighted by Crippen LogP contribution is -2.29. The Labute approximate surface area is 111 Å². The van der Waals surface area contributed by atoms with E-state index in [0.717, 1.165) is 11.0 Å². The maximum atomic E-state index is 11.9. The van der Waals surface area contributed by atoms with Crippen molar-refractivity contribution in [1.82, 2.24) is 4.90 Å². The van der Waals surface area contributed by atoms with Gasteiger partial charge in [0.25, 0.3) is 11.8 Å². The molecular formula is C12H8BrNO4. The molecule has 0 aliphatic carbocycles. The molecule has 0 fully saturated rings. The highest BCUT2D eigenvalue weighted by molar-refractivity contribution is 9.10. The second kappa shape index (κ2) is 4.73. The van der Waals surface area contributed by atoms with Gasteiger partial charge in [-0.15, -0.1) is 0 Å². The number of fused-ring (bicyclic) bond motifs is 1. The minimum Gasteiger partial charge on any atom is -0.478 e. The first-order valence-electron chi connectivity index (χ1n) is 5.06. The first-order chi connectivity index (χ1) is 8.50. The summed E-state index contributed by atoms with van der Waals surface area (Å²) in [6.07, 6.45) is 2.17. The molecule has 0 atom stereocenters. The van der Waals surface area contributed by atoms with Gasteiger partial charge >= 0.3 is 5.97 Å². The van der Waals surface area contributed by atoms with Crippen molar-refractivity contribution in [2.24, 2.45) is 0 Å². The molecule has 1 heterocycles. The number of carbonyl (C=O) groups is 3. The van der Waals surface area contributed by atoms with E-state index < -0.39 is 17.8 Å². The van der Waals surface area contributed by atoms with E-state index in [9.17, 15) is 14.4 Å². The SMILES string of the molecule is O=C(O)/C=C/CN1C(=O)c2ccc(Br)cc2C1=O. The largest absolute Gasteiger partial charge is 0.478 e. The summed E-state index contributed by atoms with van der Waals surface area (Å²) < 4.78 is 0.713. The number of rotatable bonds is 3.